The highest BCUT2D eigenvalue weighted by Gasteiger charge is 2.17. The highest BCUT2D eigenvalue weighted by molar-refractivity contribution is 5.86. The predicted octanol–water partition coefficient (Wildman–Crippen LogP) is 2.34. The van der Waals surface area contributed by atoms with Gasteiger partial charge in [-0.1, -0.05) is 6.07 Å². The highest BCUT2D eigenvalue weighted by atomic mass is 16.7. The Balaban J connectivity index is 1.96. The molecule has 1 aliphatic heterocycles. The van der Waals surface area contributed by atoms with E-state index >= 15 is 0 Å². The number of ether oxygens (including phenoxy) is 3. The van der Waals surface area contributed by atoms with Crippen LogP contribution < -0.4 is 19.9 Å². The summed E-state index contributed by atoms with van der Waals surface area (Å²) in [6.07, 6.45) is 0. The maximum atomic E-state index is 6.08. The zero-order valence-electron chi connectivity index (χ0n) is 11.4. The van der Waals surface area contributed by atoms with Crippen molar-refractivity contribution >= 4 is 17.0 Å². The van der Waals surface area contributed by atoms with Crippen molar-refractivity contribution in [2.75, 3.05) is 19.6 Å². The Hall–Kier alpha value is -2.89. The van der Waals surface area contributed by atoms with E-state index < -0.39 is 0 Å². The van der Waals surface area contributed by atoms with E-state index in [1.54, 1.807) is 7.11 Å². The number of aromatic nitrogens is 2. The maximum Gasteiger partial charge on any atom is 0.231 e. The van der Waals surface area contributed by atoms with Gasteiger partial charge in [0.15, 0.2) is 11.5 Å². The van der Waals surface area contributed by atoms with Crippen LogP contribution in [0.15, 0.2) is 36.4 Å². The topological polar surface area (TPSA) is 71.5 Å². The quantitative estimate of drug-likeness (QED) is 0.781. The average molecular weight is 283 g/mol. The van der Waals surface area contributed by atoms with Gasteiger partial charge in [-0.05, 0) is 24.3 Å². The Morgan fingerprint density at radius 1 is 1.19 bits per heavy atom. The minimum absolute atomic E-state index is 0.243. The van der Waals surface area contributed by atoms with Gasteiger partial charge in [-0.3, -0.25) is 4.57 Å². The van der Waals surface area contributed by atoms with Crippen LogP contribution in [0, 0.1) is 0 Å². The molecule has 0 bridgehead atoms. The first kappa shape index (κ1) is 11.9. The summed E-state index contributed by atoms with van der Waals surface area (Å²) in [6.45, 7) is 0.243. The van der Waals surface area contributed by atoms with Gasteiger partial charge < -0.3 is 19.9 Å². The lowest BCUT2D eigenvalue weighted by Gasteiger charge is -2.08. The van der Waals surface area contributed by atoms with Gasteiger partial charge in [-0.15, -0.1) is 0 Å². The molecule has 21 heavy (non-hydrogen) atoms. The third-order valence-corrected chi connectivity index (χ3v) is 3.51. The van der Waals surface area contributed by atoms with Crippen LogP contribution in [0.4, 0.5) is 5.95 Å². The molecule has 2 N–H and O–H groups in total. The molecule has 0 spiro atoms. The average Bonchev–Trinajstić information content (AvgIpc) is 3.08. The fourth-order valence-electron chi connectivity index (χ4n) is 2.55. The van der Waals surface area contributed by atoms with Gasteiger partial charge >= 0.3 is 0 Å². The molecule has 2 heterocycles. The Bertz CT molecular complexity index is 842. The van der Waals surface area contributed by atoms with Gasteiger partial charge in [0, 0.05) is 6.07 Å². The summed E-state index contributed by atoms with van der Waals surface area (Å²) in [4.78, 5) is 4.40. The molecule has 4 rings (SSSR count). The number of nitrogens with zero attached hydrogens (tertiary/aromatic N) is 2. The first-order valence-corrected chi connectivity index (χ1v) is 6.49. The number of anilines is 1. The summed E-state index contributed by atoms with van der Waals surface area (Å²) < 4.78 is 17.9. The molecule has 6 heteroatoms. The van der Waals surface area contributed by atoms with Crippen molar-refractivity contribution < 1.29 is 14.2 Å². The monoisotopic (exact) mass is 283 g/mol. The predicted molar refractivity (Wildman–Crippen MR) is 78.2 cm³/mol. The van der Waals surface area contributed by atoms with Crippen molar-refractivity contribution in [1.82, 2.24) is 9.55 Å². The van der Waals surface area contributed by atoms with Crippen LogP contribution in [0.25, 0.3) is 16.7 Å². The van der Waals surface area contributed by atoms with Crippen molar-refractivity contribution in [3.8, 4) is 22.9 Å². The standard InChI is InChI=1S/C15H13N3O3/c1-19-12-4-2-3-10-14(12)17-15(16)18(10)9-5-6-11-13(7-9)21-8-20-11/h2-7H,8H2,1H3,(H2,16,17). The second kappa shape index (κ2) is 4.31. The molecule has 0 saturated carbocycles. The van der Waals surface area contributed by atoms with Crippen LogP contribution in [0.1, 0.15) is 0 Å². The lowest BCUT2D eigenvalue weighted by atomic mass is 10.2. The summed E-state index contributed by atoms with van der Waals surface area (Å²) >= 11 is 0. The van der Waals surface area contributed by atoms with E-state index in [4.69, 9.17) is 19.9 Å². The Kier molecular flexibility index (Phi) is 2.44. The van der Waals surface area contributed by atoms with Gasteiger partial charge in [-0.25, -0.2) is 4.98 Å². The van der Waals surface area contributed by atoms with E-state index in [0.29, 0.717) is 17.4 Å². The number of imidazole rings is 1. The second-order valence-electron chi connectivity index (χ2n) is 4.67. The van der Waals surface area contributed by atoms with Crippen LogP contribution in [0.5, 0.6) is 17.2 Å². The second-order valence-corrected chi connectivity index (χ2v) is 4.67. The SMILES string of the molecule is COc1cccc2c1nc(N)n2-c1ccc2c(c1)OCO2. The highest BCUT2D eigenvalue weighted by Crippen LogP contribution is 2.36. The number of hydrogen-bond donors (Lipinski definition) is 1. The number of rotatable bonds is 2. The molecule has 1 aromatic heterocycles. The number of nitrogens with two attached hydrogens (primary N) is 1. The van der Waals surface area contributed by atoms with Crippen LogP contribution in [0.2, 0.25) is 0 Å². The molecule has 0 saturated heterocycles. The van der Waals surface area contributed by atoms with Gasteiger partial charge in [0.1, 0.15) is 11.3 Å². The molecule has 3 aromatic rings. The van der Waals surface area contributed by atoms with Crippen molar-refractivity contribution in [1.29, 1.82) is 0 Å². The lowest BCUT2D eigenvalue weighted by Crippen LogP contribution is -2.00. The minimum Gasteiger partial charge on any atom is -0.494 e. The van der Waals surface area contributed by atoms with E-state index in [1.165, 1.54) is 0 Å². The van der Waals surface area contributed by atoms with E-state index in [-0.39, 0.29) is 6.79 Å². The van der Waals surface area contributed by atoms with E-state index in [1.807, 2.05) is 41.0 Å². The molecule has 0 radical (unpaired) electrons. The van der Waals surface area contributed by atoms with Crippen LogP contribution in [-0.2, 0) is 0 Å². The maximum absolute atomic E-state index is 6.08. The summed E-state index contributed by atoms with van der Waals surface area (Å²) in [6, 6.07) is 11.4. The van der Waals surface area contributed by atoms with Crippen LogP contribution in [-0.4, -0.2) is 23.5 Å². The van der Waals surface area contributed by atoms with Crippen molar-refractivity contribution in [2.45, 2.75) is 0 Å². The number of fused-ring (bicyclic) bond motifs is 2. The molecule has 0 aliphatic carbocycles. The molecule has 1 aliphatic rings. The number of hydrogen-bond acceptors (Lipinski definition) is 5. The zero-order valence-corrected chi connectivity index (χ0v) is 11.4. The number of methoxy groups -OCH3 is 1. The summed E-state index contributed by atoms with van der Waals surface area (Å²) in [5.74, 6) is 2.53. The molecular weight excluding hydrogens is 270 g/mol. The number of para-hydroxylation sites is 1. The molecule has 0 fully saturated rings. The molecule has 0 unspecified atom stereocenters. The molecule has 6 nitrogen and oxygen atoms in total. The third-order valence-electron chi connectivity index (χ3n) is 3.51. The lowest BCUT2D eigenvalue weighted by molar-refractivity contribution is 0.174. The zero-order chi connectivity index (χ0) is 14.4. The minimum atomic E-state index is 0.243. The van der Waals surface area contributed by atoms with E-state index in [0.717, 1.165) is 22.5 Å². The number of benzene rings is 2. The first-order chi connectivity index (χ1) is 10.3. The van der Waals surface area contributed by atoms with Gasteiger partial charge in [0.05, 0.1) is 18.3 Å². The fourth-order valence-corrected chi connectivity index (χ4v) is 2.55. The molecule has 2 aromatic carbocycles. The van der Waals surface area contributed by atoms with Gasteiger partial charge in [-0.2, -0.15) is 0 Å². The molecule has 0 amide bonds. The van der Waals surface area contributed by atoms with Crippen molar-refractivity contribution in [2.24, 2.45) is 0 Å². The summed E-state index contributed by atoms with van der Waals surface area (Å²) in [7, 11) is 1.62. The number of nitrogen functional groups attached to an aromatic ring is 1. The normalized spacial score (nSPS) is 12.8. The fraction of sp³-hybridized carbons (Fsp3) is 0.133. The summed E-state index contributed by atoms with van der Waals surface area (Å²) in [5, 5.41) is 0. The van der Waals surface area contributed by atoms with Crippen LogP contribution in [0.3, 0.4) is 0 Å². The van der Waals surface area contributed by atoms with E-state index in [2.05, 4.69) is 4.98 Å². The molecular formula is C15H13N3O3. The summed E-state index contributed by atoms with van der Waals surface area (Å²) in [5.41, 5.74) is 8.56. The van der Waals surface area contributed by atoms with Crippen LogP contribution >= 0.6 is 0 Å². The Labute approximate surface area is 120 Å². The van der Waals surface area contributed by atoms with Gasteiger partial charge in [0.2, 0.25) is 12.7 Å². The molecule has 106 valence electrons. The Morgan fingerprint density at radius 2 is 2.05 bits per heavy atom. The third kappa shape index (κ3) is 1.69. The molecule has 0 atom stereocenters. The largest absolute Gasteiger partial charge is 0.494 e. The smallest absolute Gasteiger partial charge is 0.231 e. The Morgan fingerprint density at radius 3 is 2.90 bits per heavy atom. The van der Waals surface area contributed by atoms with E-state index in [9.17, 15) is 0 Å². The van der Waals surface area contributed by atoms with Crippen molar-refractivity contribution in [3.63, 3.8) is 0 Å². The van der Waals surface area contributed by atoms with Gasteiger partial charge in [0.25, 0.3) is 0 Å². The first-order valence-electron chi connectivity index (χ1n) is 6.49. The van der Waals surface area contributed by atoms with Crippen molar-refractivity contribution in [3.05, 3.63) is 36.4 Å².